The minimum Gasteiger partial charge on any atom is -0.481 e. The SMILES string of the molecule is CCN(CC(C)C(=O)O)C(=O)/C=C/c1ccncc1. The second-order valence-electron chi connectivity index (χ2n) is 4.23. The average molecular weight is 262 g/mol. The van der Waals surface area contributed by atoms with Crippen molar-refractivity contribution in [3.63, 3.8) is 0 Å². The second-order valence-corrected chi connectivity index (χ2v) is 4.23. The molecule has 0 radical (unpaired) electrons. The van der Waals surface area contributed by atoms with Crippen LogP contribution in [-0.2, 0) is 9.59 Å². The van der Waals surface area contributed by atoms with Gasteiger partial charge in [0.2, 0.25) is 5.91 Å². The van der Waals surface area contributed by atoms with E-state index in [4.69, 9.17) is 5.11 Å². The highest BCUT2D eigenvalue weighted by Crippen LogP contribution is 2.04. The Kier molecular flexibility index (Phi) is 5.73. The summed E-state index contributed by atoms with van der Waals surface area (Å²) in [7, 11) is 0. The molecule has 0 saturated carbocycles. The van der Waals surface area contributed by atoms with Gasteiger partial charge in [-0.15, -0.1) is 0 Å². The normalized spacial score (nSPS) is 12.3. The molecule has 0 aliphatic carbocycles. The lowest BCUT2D eigenvalue weighted by atomic mass is 10.1. The summed E-state index contributed by atoms with van der Waals surface area (Å²) in [5.74, 6) is -1.66. The second kappa shape index (κ2) is 7.31. The Morgan fingerprint density at radius 2 is 2.05 bits per heavy atom. The maximum Gasteiger partial charge on any atom is 0.308 e. The van der Waals surface area contributed by atoms with Crippen LogP contribution < -0.4 is 0 Å². The van der Waals surface area contributed by atoms with Crippen LogP contribution in [-0.4, -0.2) is 40.0 Å². The third kappa shape index (κ3) is 4.91. The number of carboxylic acids is 1. The highest BCUT2D eigenvalue weighted by atomic mass is 16.4. The molecule has 1 unspecified atom stereocenters. The Balaban J connectivity index is 2.64. The standard InChI is InChI=1S/C14H18N2O3/c1-3-16(10-11(2)14(18)19)13(17)5-4-12-6-8-15-9-7-12/h4-9,11H,3,10H2,1-2H3,(H,18,19)/b5-4+. The summed E-state index contributed by atoms with van der Waals surface area (Å²) in [6.07, 6.45) is 6.44. The van der Waals surface area contributed by atoms with E-state index in [0.29, 0.717) is 6.54 Å². The molecule has 0 spiro atoms. The third-order valence-electron chi connectivity index (χ3n) is 2.73. The van der Waals surface area contributed by atoms with Crippen molar-refractivity contribution in [2.75, 3.05) is 13.1 Å². The summed E-state index contributed by atoms with van der Waals surface area (Å²) in [5, 5.41) is 8.85. The van der Waals surface area contributed by atoms with E-state index in [2.05, 4.69) is 4.98 Å². The van der Waals surface area contributed by atoms with Crippen LogP contribution in [0.1, 0.15) is 19.4 Å². The molecule has 0 aromatic carbocycles. The lowest BCUT2D eigenvalue weighted by molar-refractivity contribution is -0.142. The molecule has 1 aromatic heterocycles. The zero-order chi connectivity index (χ0) is 14.3. The van der Waals surface area contributed by atoms with Crippen LogP contribution in [0.5, 0.6) is 0 Å². The van der Waals surface area contributed by atoms with Crippen LogP contribution in [0.25, 0.3) is 6.08 Å². The van der Waals surface area contributed by atoms with Crippen LogP contribution in [0.2, 0.25) is 0 Å². The number of hydrogen-bond acceptors (Lipinski definition) is 3. The number of aromatic nitrogens is 1. The molecule has 1 N–H and O–H groups in total. The Labute approximate surface area is 112 Å². The van der Waals surface area contributed by atoms with E-state index >= 15 is 0 Å². The highest BCUT2D eigenvalue weighted by Gasteiger charge is 2.17. The lowest BCUT2D eigenvalue weighted by Gasteiger charge is -2.21. The van der Waals surface area contributed by atoms with Gasteiger partial charge in [0.15, 0.2) is 0 Å². The van der Waals surface area contributed by atoms with Gasteiger partial charge in [0, 0.05) is 31.6 Å². The van der Waals surface area contributed by atoms with Crippen molar-refractivity contribution in [1.29, 1.82) is 0 Å². The van der Waals surface area contributed by atoms with Gasteiger partial charge in [0.25, 0.3) is 0 Å². The largest absolute Gasteiger partial charge is 0.481 e. The van der Waals surface area contributed by atoms with Crippen molar-refractivity contribution in [2.45, 2.75) is 13.8 Å². The van der Waals surface area contributed by atoms with Crippen molar-refractivity contribution in [2.24, 2.45) is 5.92 Å². The summed E-state index contributed by atoms with van der Waals surface area (Å²) in [6, 6.07) is 3.58. The predicted molar refractivity (Wildman–Crippen MR) is 72.3 cm³/mol. The molecule has 0 aliphatic heterocycles. The molecule has 0 saturated heterocycles. The molecular weight excluding hydrogens is 244 g/mol. The van der Waals surface area contributed by atoms with Gasteiger partial charge < -0.3 is 10.0 Å². The summed E-state index contributed by atoms with van der Waals surface area (Å²) in [6.45, 7) is 4.11. The number of aliphatic carboxylic acids is 1. The first kappa shape index (κ1) is 14.9. The Morgan fingerprint density at radius 3 is 2.58 bits per heavy atom. The number of rotatable bonds is 6. The molecule has 1 aromatic rings. The van der Waals surface area contributed by atoms with Gasteiger partial charge in [-0.25, -0.2) is 0 Å². The molecule has 19 heavy (non-hydrogen) atoms. The van der Waals surface area contributed by atoms with E-state index in [9.17, 15) is 9.59 Å². The van der Waals surface area contributed by atoms with Gasteiger partial charge in [-0.1, -0.05) is 6.92 Å². The first-order valence-electron chi connectivity index (χ1n) is 6.14. The quantitative estimate of drug-likeness (QED) is 0.791. The Hall–Kier alpha value is -2.17. The van der Waals surface area contributed by atoms with Gasteiger partial charge in [-0.3, -0.25) is 14.6 Å². The Bertz CT molecular complexity index is 457. The summed E-state index contributed by atoms with van der Waals surface area (Å²) >= 11 is 0. The van der Waals surface area contributed by atoms with E-state index in [1.807, 2.05) is 6.92 Å². The average Bonchev–Trinajstić information content (AvgIpc) is 2.42. The van der Waals surface area contributed by atoms with Gasteiger partial charge >= 0.3 is 5.97 Å². The van der Waals surface area contributed by atoms with Crippen LogP contribution in [0, 0.1) is 5.92 Å². The van der Waals surface area contributed by atoms with Gasteiger partial charge in [0.1, 0.15) is 0 Å². The number of likely N-dealkylation sites (N-methyl/N-ethyl adjacent to an activating group) is 1. The van der Waals surface area contributed by atoms with Crippen molar-refractivity contribution in [1.82, 2.24) is 9.88 Å². The zero-order valence-electron chi connectivity index (χ0n) is 11.1. The molecule has 5 nitrogen and oxygen atoms in total. The number of pyridine rings is 1. The fraction of sp³-hybridized carbons (Fsp3) is 0.357. The first-order valence-corrected chi connectivity index (χ1v) is 6.14. The Morgan fingerprint density at radius 1 is 1.42 bits per heavy atom. The molecule has 1 heterocycles. The number of carbonyl (C=O) groups excluding carboxylic acids is 1. The van der Waals surface area contributed by atoms with E-state index in [1.165, 1.54) is 11.0 Å². The molecular formula is C14H18N2O3. The van der Waals surface area contributed by atoms with Crippen molar-refractivity contribution in [3.05, 3.63) is 36.2 Å². The number of carboxylic acid groups (broad SMARTS) is 1. The van der Waals surface area contributed by atoms with Gasteiger partial charge in [0.05, 0.1) is 5.92 Å². The summed E-state index contributed by atoms with van der Waals surface area (Å²) in [5.41, 5.74) is 0.880. The van der Waals surface area contributed by atoms with Crippen molar-refractivity contribution >= 4 is 18.0 Å². The molecule has 1 atom stereocenters. The monoisotopic (exact) mass is 262 g/mol. The number of amides is 1. The van der Waals surface area contributed by atoms with Crippen molar-refractivity contribution < 1.29 is 14.7 Å². The smallest absolute Gasteiger partial charge is 0.308 e. The minimum absolute atomic E-state index is 0.188. The van der Waals surface area contributed by atoms with Crippen LogP contribution >= 0.6 is 0 Å². The van der Waals surface area contributed by atoms with Crippen molar-refractivity contribution in [3.8, 4) is 0 Å². The molecule has 102 valence electrons. The number of hydrogen-bond donors (Lipinski definition) is 1. The lowest BCUT2D eigenvalue weighted by Crippen LogP contribution is -2.35. The molecule has 0 aliphatic rings. The number of carbonyl (C=O) groups is 2. The zero-order valence-corrected chi connectivity index (χ0v) is 11.1. The molecule has 5 heteroatoms. The highest BCUT2D eigenvalue weighted by molar-refractivity contribution is 5.92. The van der Waals surface area contributed by atoms with Crippen LogP contribution in [0.4, 0.5) is 0 Å². The fourth-order valence-electron chi connectivity index (χ4n) is 1.53. The number of nitrogens with zero attached hydrogens (tertiary/aromatic N) is 2. The molecule has 0 bridgehead atoms. The molecule has 1 rings (SSSR count). The maximum atomic E-state index is 11.9. The molecule has 1 amide bonds. The summed E-state index contributed by atoms with van der Waals surface area (Å²) < 4.78 is 0. The van der Waals surface area contributed by atoms with Crippen LogP contribution in [0.15, 0.2) is 30.6 Å². The van der Waals surface area contributed by atoms with Crippen LogP contribution in [0.3, 0.4) is 0 Å². The third-order valence-corrected chi connectivity index (χ3v) is 2.73. The van der Waals surface area contributed by atoms with E-state index in [1.54, 1.807) is 37.5 Å². The first-order chi connectivity index (χ1) is 9.04. The van der Waals surface area contributed by atoms with E-state index < -0.39 is 11.9 Å². The molecule has 0 fully saturated rings. The van der Waals surface area contributed by atoms with Gasteiger partial charge in [-0.2, -0.15) is 0 Å². The summed E-state index contributed by atoms with van der Waals surface area (Å²) in [4.78, 5) is 28.1. The minimum atomic E-state index is -0.899. The maximum absolute atomic E-state index is 11.9. The van der Waals surface area contributed by atoms with E-state index in [0.717, 1.165) is 5.56 Å². The fourth-order valence-corrected chi connectivity index (χ4v) is 1.53. The van der Waals surface area contributed by atoms with Gasteiger partial charge in [-0.05, 0) is 30.7 Å². The topological polar surface area (TPSA) is 70.5 Å². The predicted octanol–water partition coefficient (Wildman–Crippen LogP) is 1.66. The van der Waals surface area contributed by atoms with E-state index in [-0.39, 0.29) is 12.5 Å².